The molecule has 2 aliphatic heterocycles. The van der Waals surface area contributed by atoms with E-state index in [0.717, 1.165) is 65.4 Å². The summed E-state index contributed by atoms with van der Waals surface area (Å²) in [5, 5.41) is 72.2. The number of hydrogen-bond acceptors (Lipinski definition) is 12. The van der Waals surface area contributed by atoms with E-state index in [1.165, 1.54) is 12.4 Å². The molecule has 6 N–H and O–H groups in total. The van der Waals surface area contributed by atoms with Crippen molar-refractivity contribution in [3.63, 3.8) is 0 Å². The summed E-state index contributed by atoms with van der Waals surface area (Å²) in [6.45, 7) is 21.5. The molecule has 0 spiro atoms. The van der Waals surface area contributed by atoms with E-state index in [9.17, 15) is 30.6 Å². The number of rotatable bonds is 11. The van der Waals surface area contributed by atoms with Gasteiger partial charge in [-0.05, 0) is 61.7 Å². The van der Waals surface area contributed by atoms with E-state index >= 15 is 0 Å². The standard InChI is InChI=1S/C44H60N6O6/c1-25(2)33-29-21-27(5)35(41(53)37(29)31(39(51)43(33)55)23-45-9-11-49-17-13-47(7)14-18-49)36-28(6)22-30-34(26(3)4)44(56)40(52)32(38(30)42(36)54)24-46-10-12-50-19-15-48(8)16-20-50/h21-26,51-56H,9-20H2,1-8H3. The minimum absolute atomic E-state index is 0.176. The van der Waals surface area contributed by atoms with Crippen molar-refractivity contribution in [1.29, 1.82) is 0 Å². The number of likely N-dealkylation sites (N-methyl/N-ethyl adjacent to an activating group) is 2. The Hall–Kier alpha value is -4.62. The molecule has 4 aromatic carbocycles. The van der Waals surface area contributed by atoms with Gasteiger partial charge in [-0.15, -0.1) is 0 Å². The average molecular weight is 769 g/mol. The lowest BCUT2D eigenvalue weighted by molar-refractivity contribution is 0.157. The van der Waals surface area contributed by atoms with Gasteiger partial charge in [0.1, 0.15) is 11.5 Å². The number of phenols is 6. The summed E-state index contributed by atoms with van der Waals surface area (Å²) in [6.07, 6.45) is 3.05. The van der Waals surface area contributed by atoms with Crippen LogP contribution in [0.15, 0.2) is 22.1 Å². The lowest BCUT2D eigenvalue weighted by Crippen LogP contribution is -2.45. The molecule has 0 amide bonds. The molecule has 0 atom stereocenters. The maximum Gasteiger partial charge on any atom is 0.167 e. The summed E-state index contributed by atoms with van der Waals surface area (Å²) in [5.74, 6) is -1.99. The molecule has 2 saturated heterocycles. The fraction of sp³-hybridized carbons (Fsp3) is 0.500. The normalized spacial score (nSPS) is 17.0. The Bertz CT molecular complexity index is 2010. The summed E-state index contributed by atoms with van der Waals surface area (Å²) in [7, 11) is 4.22. The number of benzene rings is 4. The van der Waals surface area contributed by atoms with Gasteiger partial charge in [0.15, 0.2) is 23.0 Å². The highest BCUT2D eigenvalue weighted by Crippen LogP contribution is 2.54. The van der Waals surface area contributed by atoms with Crippen LogP contribution in [0.1, 0.15) is 72.9 Å². The second kappa shape index (κ2) is 16.9. The van der Waals surface area contributed by atoms with Gasteiger partial charge in [-0.25, -0.2) is 0 Å². The minimum Gasteiger partial charge on any atom is -0.507 e. The van der Waals surface area contributed by atoms with Crippen LogP contribution in [-0.2, 0) is 0 Å². The summed E-state index contributed by atoms with van der Waals surface area (Å²) in [5.41, 5.74) is 3.32. The molecule has 4 aromatic rings. The first-order valence-electron chi connectivity index (χ1n) is 19.9. The molecule has 0 radical (unpaired) electrons. The van der Waals surface area contributed by atoms with E-state index in [1.54, 1.807) is 0 Å². The Morgan fingerprint density at radius 2 is 0.875 bits per heavy atom. The first kappa shape index (κ1) is 41.0. The molecule has 56 heavy (non-hydrogen) atoms. The Morgan fingerprint density at radius 3 is 1.20 bits per heavy atom. The van der Waals surface area contributed by atoms with Crippen LogP contribution in [0.25, 0.3) is 32.7 Å². The zero-order valence-corrected chi connectivity index (χ0v) is 34.3. The van der Waals surface area contributed by atoms with Crippen LogP contribution in [0.2, 0.25) is 0 Å². The summed E-state index contributed by atoms with van der Waals surface area (Å²) >= 11 is 0. The maximum absolute atomic E-state index is 12.4. The van der Waals surface area contributed by atoms with Crippen LogP contribution < -0.4 is 0 Å². The van der Waals surface area contributed by atoms with E-state index < -0.39 is 0 Å². The first-order valence-corrected chi connectivity index (χ1v) is 19.9. The van der Waals surface area contributed by atoms with Gasteiger partial charge in [0.25, 0.3) is 0 Å². The van der Waals surface area contributed by atoms with Crippen LogP contribution in [0.3, 0.4) is 0 Å². The third kappa shape index (κ3) is 7.84. The van der Waals surface area contributed by atoms with E-state index in [-0.39, 0.29) is 57.5 Å². The molecule has 12 nitrogen and oxygen atoms in total. The number of fused-ring (bicyclic) bond motifs is 2. The second-order valence-corrected chi connectivity index (χ2v) is 16.4. The Labute approximate surface area is 330 Å². The Kier molecular flexibility index (Phi) is 12.3. The van der Waals surface area contributed by atoms with Crippen LogP contribution in [0, 0.1) is 13.8 Å². The van der Waals surface area contributed by atoms with Gasteiger partial charge in [-0.1, -0.05) is 39.8 Å². The number of aromatic hydroxyl groups is 6. The van der Waals surface area contributed by atoms with Crippen LogP contribution in [0.5, 0.6) is 34.5 Å². The van der Waals surface area contributed by atoms with Crippen molar-refractivity contribution in [2.45, 2.75) is 53.4 Å². The summed E-state index contributed by atoms with van der Waals surface area (Å²) in [6, 6.07) is 3.75. The molecule has 0 aliphatic carbocycles. The van der Waals surface area contributed by atoms with E-state index in [1.807, 2.05) is 53.7 Å². The average Bonchev–Trinajstić information content (AvgIpc) is 3.14. The van der Waals surface area contributed by atoms with E-state index in [2.05, 4.69) is 43.7 Å². The highest BCUT2D eigenvalue weighted by Gasteiger charge is 2.29. The molecular weight excluding hydrogens is 709 g/mol. The highest BCUT2D eigenvalue weighted by molar-refractivity contribution is 6.15. The Morgan fingerprint density at radius 1 is 0.536 bits per heavy atom. The fourth-order valence-electron chi connectivity index (χ4n) is 8.48. The van der Waals surface area contributed by atoms with Gasteiger partial charge in [0.05, 0.1) is 13.1 Å². The lowest BCUT2D eigenvalue weighted by atomic mass is 9.83. The molecule has 12 heteroatoms. The number of piperazine rings is 2. The predicted octanol–water partition coefficient (Wildman–Crippen LogP) is 6.09. The van der Waals surface area contributed by atoms with Gasteiger partial charge in [-0.3, -0.25) is 19.8 Å². The zero-order valence-electron chi connectivity index (χ0n) is 34.3. The molecule has 0 unspecified atom stereocenters. The number of hydrogen-bond donors (Lipinski definition) is 6. The Balaban J connectivity index is 1.51. The van der Waals surface area contributed by atoms with Crippen LogP contribution in [-0.4, -0.2) is 155 Å². The maximum atomic E-state index is 12.4. The molecule has 6 rings (SSSR count). The fourth-order valence-corrected chi connectivity index (χ4v) is 8.48. The van der Waals surface area contributed by atoms with Gasteiger partial charge in [0, 0.05) is 122 Å². The van der Waals surface area contributed by atoms with Crippen molar-refractivity contribution in [1.82, 2.24) is 19.6 Å². The van der Waals surface area contributed by atoms with Gasteiger partial charge in [-0.2, -0.15) is 0 Å². The van der Waals surface area contributed by atoms with E-state index in [4.69, 9.17) is 0 Å². The molecule has 302 valence electrons. The SMILES string of the molecule is Cc1cc2c(C(C)C)c(O)c(O)c(C=NCCN3CCN(C)CC3)c2c(O)c1-c1c(C)cc2c(C(C)C)c(O)c(O)c(C=NCCN3CCN(C)CC3)c2c1O. The predicted molar refractivity (Wildman–Crippen MR) is 227 cm³/mol. The van der Waals surface area contributed by atoms with Crippen LogP contribution in [0.4, 0.5) is 0 Å². The monoisotopic (exact) mass is 768 g/mol. The molecule has 0 saturated carbocycles. The number of phenolic OH excluding ortho intramolecular Hbond substituents is 6. The topological polar surface area (TPSA) is 159 Å². The number of aryl methyl sites for hydroxylation is 2. The van der Waals surface area contributed by atoms with Crippen molar-refractivity contribution in [2.24, 2.45) is 9.98 Å². The third-order valence-electron chi connectivity index (χ3n) is 11.7. The molecule has 2 fully saturated rings. The smallest absolute Gasteiger partial charge is 0.167 e. The molecule has 0 bridgehead atoms. The van der Waals surface area contributed by atoms with Crippen molar-refractivity contribution < 1.29 is 30.6 Å². The highest BCUT2D eigenvalue weighted by atomic mass is 16.3. The quantitative estimate of drug-likeness (QED) is 0.0780. The zero-order chi connectivity index (χ0) is 40.6. The molecule has 2 heterocycles. The van der Waals surface area contributed by atoms with E-state index in [0.29, 0.717) is 68.0 Å². The summed E-state index contributed by atoms with van der Waals surface area (Å²) < 4.78 is 0. The molecule has 0 aromatic heterocycles. The van der Waals surface area contributed by atoms with Gasteiger partial charge in [0.2, 0.25) is 0 Å². The first-order chi connectivity index (χ1) is 26.6. The number of aliphatic imine (C=N–C) groups is 2. The third-order valence-corrected chi connectivity index (χ3v) is 11.7. The lowest BCUT2D eigenvalue weighted by Gasteiger charge is -2.31. The van der Waals surface area contributed by atoms with Gasteiger partial charge < -0.3 is 40.4 Å². The van der Waals surface area contributed by atoms with Crippen molar-refractivity contribution in [3.8, 4) is 45.6 Å². The van der Waals surface area contributed by atoms with Crippen molar-refractivity contribution in [2.75, 3.05) is 92.6 Å². The summed E-state index contributed by atoms with van der Waals surface area (Å²) in [4.78, 5) is 18.6. The van der Waals surface area contributed by atoms with Crippen molar-refractivity contribution in [3.05, 3.63) is 45.5 Å². The second-order valence-electron chi connectivity index (χ2n) is 16.4. The largest absolute Gasteiger partial charge is 0.507 e. The molecular formula is C44H60N6O6. The minimum atomic E-state index is -0.369. The molecule has 2 aliphatic rings. The van der Waals surface area contributed by atoms with Crippen molar-refractivity contribution >= 4 is 34.0 Å². The van der Waals surface area contributed by atoms with Crippen LogP contribution >= 0.6 is 0 Å². The number of nitrogens with zero attached hydrogens (tertiary/aromatic N) is 6. The van der Waals surface area contributed by atoms with Gasteiger partial charge >= 0.3 is 0 Å².